The van der Waals surface area contributed by atoms with Gasteiger partial charge in [0.1, 0.15) is 0 Å². The summed E-state index contributed by atoms with van der Waals surface area (Å²) in [5.41, 5.74) is 0. The van der Waals surface area contributed by atoms with E-state index in [9.17, 15) is 12.3 Å². The molecule has 2 atom stereocenters. The van der Waals surface area contributed by atoms with Crippen LogP contribution in [0.5, 0.6) is 0 Å². The van der Waals surface area contributed by atoms with Crippen molar-refractivity contribution in [3.8, 4) is 0 Å². The highest BCUT2D eigenvalue weighted by atomic mass is 32.3. The third-order valence-electron chi connectivity index (χ3n) is 2.01. The molecule has 1 saturated carbocycles. The second-order valence-electron chi connectivity index (χ2n) is 3.00. The van der Waals surface area contributed by atoms with Crippen LogP contribution in [0.2, 0.25) is 0 Å². The maximum atomic E-state index is 11.9. The van der Waals surface area contributed by atoms with Gasteiger partial charge in [-0.1, -0.05) is 6.92 Å². The molecule has 0 radical (unpaired) electrons. The topological polar surface area (TPSA) is 34.1 Å². The fourth-order valence-corrected chi connectivity index (χ4v) is 1.68. The maximum absolute atomic E-state index is 11.9. The number of rotatable bonds is 3. The van der Waals surface area contributed by atoms with Crippen LogP contribution in [0.3, 0.4) is 0 Å². The summed E-state index contributed by atoms with van der Waals surface area (Å²) in [4.78, 5) is 0. The lowest BCUT2D eigenvalue weighted by Gasteiger charge is -1.91. The molecule has 1 fully saturated rings. The van der Waals surface area contributed by atoms with Crippen LogP contribution in [0, 0.1) is 11.8 Å². The third-order valence-corrected chi connectivity index (χ3v) is 2.73. The van der Waals surface area contributed by atoms with E-state index in [1.807, 2.05) is 0 Å². The summed E-state index contributed by atoms with van der Waals surface area (Å²) in [6.45, 7) is 2.05. The Morgan fingerprint density at radius 3 is 2.40 bits per heavy atom. The average Bonchev–Trinajstić information content (AvgIpc) is 2.40. The van der Waals surface area contributed by atoms with Crippen molar-refractivity contribution >= 4 is 10.2 Å². The van der Waals surface area contributed by atoms with Gasteiger partial charge in [0.25, 0.3) is 0 Å². The fourth-order valence-electron chi connectivity index (χ4n) is 1.09. The van der Waals surface area contributed by atoms with Crippen molar-refractivity contribution in [1.82, 2.24) is 0 Å². The summed E-state index contributed by atoms with van der Waals surface area (Å²) in [6.07, 6.45) is 1.56. The van der Waals surface area contributed by atoms with Crippen molar-refractivity contribution in [2.24, 2.45) is 11.8 Å². The molecule has 2 nitrogen and oxygen atoms in total. The van der Waals surface area contributed by atoms with E-state index in [1.54, 1.807) is 0 Å². The molecule has 2 unspecified atom stereocenters. The van der Waals surface area contributed by atoms with E-state index < -0.39 is 10.2 Å². The lowest BCUT2D eigenvalue weighted by molar-refractivity contribution is 0.545. The van der Waals surface area contributed by atoms with Crippen molar-refractivity contribution in [1.29, 1.82) is 0 Å². The van der Waals surface area contributed by atoms with Crippen LogP contribution in [-0.4, -0.2) is 14.2 Å². The van der Waals surface area contributed by atoms with Gasteiger partial charge in [0.15, 0.2) is 0 Å². The van der Waals surface area contributed by atoms with Crippen LogP contribution in [-0.2, 0) is 10.2 Å². The Hall–Kier alpha value is -0.120. The molecule has 1 aliphatic rings. The van der Waals surface area contributed by atoms with Crippen molar-refractivity contribution in [2.45, 2.75) is 19.8 Å². The molecule has 0 aromatic rings. The van der Waals surface area contributed by atoms with E-state index >= 15 is 0 Å². The molecule has 0 aliphatic heterocycles. The summed E-state index contributed by atoms with van der Waals surface area (Å²) in [5.74, 6) is 0.787. The zero-order valence-corrected chi connectivity index (χ0v) is 6.70. The number of hydrogen-bond acceptors (Lipinski definition) is 2. The Morgan fingerprint density at radius 1 is 1.60 bits per heavy atom. The molecule has 10 heavy (non-hydrogen) atoms. The van der Waals surface area contributed by atoms with Crippen molar-refractivity contribution in [3.05, 3.63) is 0 Å². The molecular formula is C6H11FO2S. The smallest absolute Gasteiger partial charge is 0.195 e. The minimum Gasteiger partial charge on any atom is -0.195 e. The van der Waals surface area contributed by atoms with E-state index in [0.717, 1.165) is 6.42 Å². The van der Waals surface area contributed by atoms with Gasteiger partial charge in [0, 0.05) is 0 Å². The first kappa shape index (κ1) is 7.98. The standard InChI is InChI=1S/C6H11FO2S/c1-5-4-6(5)2-3-10(7,8)9/h5-6H,2-4H2,1H3. The van der Waals surface area contributed by atoms with Gasteiger partial charge in [-0.3, -0.25) is 0 Å². The van der Waals surface area contributed by atoms with Crippen LogP contribution < -0.4 is 0 Å². The van der Waals surface area contributed by atoms with Gasteiger partial charge in [0.05, 0.1) is 5.75 Å². The average molecular weight is 166 g/mol. The molecule has 1 rings (SSSR count). The third kappa shape index (κ3) is 2.64. The predicted octanol–water partition coefficient (Wildman–Crippen LogP) is 1.33. The lowest BCUT2D eigenvalue weighted by atomic mass is 10.3. The van der Waals surface area contributed by atoms with Gasteiger partial charge >= 0.3 is 10.2 Å². The molecular weight excluding hydrogens is 155 g/mol. The first-order valence-electron chi connectivity index (χ1n) is 3.41. The van der Waals surface area contributed by atoms with Gasteiger partial charge in [0.2, 0.25) is 0 Å². The quantitative estimate of drug-likeness (QED) is 0.593. The van der Waals surface area contributed by atoms with Crippen LogP contribution >= 0.6 is 0 Å². The summed E-state index contributed by atoms with van der Waals surface area (Å²) in [6, 6.07) is 0. The zero-order chi connectivity index (χ0) is 7.78. The monoisotopic (exact) mass is 166 g/mol. The molecule has 0 bridgehead atoms. The minimum atomic E-state index is -4.20. The SMILES string of the molecule is CC1CC1CCS(=O)(=O)F. The van der Waals surface area contributed by atoms with Gasteiger partial charge in [-0.25, -0.2) is 0 Å². The molecule has 0 aromatic heterocycles. The highest BCUT2D eigenvalue weighted by molar-refractivity contribution is 7.86. The van der Waals surface area contributed by atoms with Gasteiger partial charge < -0.3 is 0 Å². The molecule has 0 heterocycles. The zero-order valence-electron chi connectivity index (χ0n) is 5.88. The summed E-state index contributed by atoms with van der Waals surface area (Å²) >= 11 is 0. The van der Waals surface area contributed by atoms with Crippen LogP contribution in [0.4, 0.5) is 3.89 Å². The van der Waals surface area contributed by atoms with E-state index in [2.05, 4.69) is 6.92 Å². The van der Waals surface area contributed by atoms with Crippen LogP contribution in [0.15, 0.2) is 0 Å². The van der Waals surface area contributed by atoms with Crippen LogP contribution in [0.25, 0.3) is 0 Å². The molecule has 60 valence electrons. The molecule has 0 spiro atoms. The first-order valence-corrected chi connectivity index (χ1v) is 4.96. The van der Waals surface area contributed by atoms with Gasteiger partial charge in [-0.15, -0.1) is 3.89 Å². The van der Waals surface area contributed by atoms with E-state index in [4.69, 9.17) is 0 Å². The molecule has 0 N–H and O–H groups in total. The Morgan fingerprint density at radius 2 is 2.10 bits per heavy atom. The Labute approximate surface area is 60.6 Å². The normalized spacial score (nSPS) is 32.2. The number of hydrogen-bond donors (Lipinski definition) is 0. The Balaban J connectivity index is 2.18. The Bertz CT molecular complexity index is 210. The first-order chi connectivity index (χ1) is 4.49. The van der Waals surface area contributed by atoms with Crippen molar-refractivity contribution in [3.63, 3.8) is 0 Å². The molecule has 4 heteroatoms. The van der Waals surface area contributed by atoms with E-state index in [0.29, 0.717) is 18.3 Å². The molecule has 0 aromatic carbocycles. The summed E-state index contributed by atoms with van der Waals surface area (Å²) in [7, 11) is -4.20. The van der Waals surface area contributed by atoms with Crippen LogP contribution in [0.1, 0.15) is 19.8 Å². The van der Waals surface area contributed by atoms with E-state index in [1.165, 1.54) is 0 Å². The second-order valence-corrected chi connectivity index (χ2v) is 4.49. The Kier molecular flexibility index (Phi) is 1.99. The second kappa shape index (κ2) is 2.49. The van der Waals surface area contributed by atoms with E-state index in [-0.39, 0.29) is 5.75 Å². The summed E-state index contributed by atoms with van der Waals surface area (Å²) in [5, 5.41) is 0. The number of halogens is 1. The van der Waals surface area contributed by atoms with Crippen molar-refractivity contribution < 1.29 is 12.3 Å². The van der Waals surface area contributed by atoms with Gasteiger partial charge in [-0.2, -0.15) is 8.42 Å². The highest BCUT2D eigenvalue weighted by Gasteiger charge is 2.33. The minimum absolute atomic E-state index is 0.290. The van der Waals surface area contributed by atoms with Gasteiger partial charge in [-0.05, 0) is 24.7 Å². The fraction of sp³-hybridized carbons (Fsp3) is 1.00. The van der Waals surface area contributed by atoms with Crippen molar-refractivity contribution in [2.75, 3.05) is 5.75 Å². The summed E-state index contributed by atoms with van der Waals surface area (Å²) < 4.78 is 31.9. The predicted molar refractivity (Wildman–Crippen MR) is 36.8 cm³/mol. The highest BCUT2D eigenvalue weighted by Crippen LogP contribution is 2.40. The lowest BCUT2D eigenvalue weighted by Crippen LogP contribution is -1.99. The maximum Gasteiger partial charge on any atom is 0.302 e. The largest absolute Gasteiger partial charge is 0.302 e. The molecule has 0 amide bonds. The molecule has 1 aliphatic carbocycles. The molecule has 0 saturated heterocycles.